The van der Waals surface area contributed by atoms with Crippen LogP contribution in [0.5, 0.6) is 0 Å². The van der Waals surface area contributed by atoms with Crippen molar-refractivity contribution in [3.05, 3.63) is 29.6 Å². The molecule has 3 nitrogen and oxygen atoms in total. The Hall–Kier alpha value is -1.06. The molecule has 1 heterocycles. The number of hydrogen-bond donors (Lipinski definition) is 2. The molecule has 0 atom stereocenters. The molecule has 0 fully saturated rings. The van der Waals surface area contributed by atoms with Gasteiger partial charge in [0.25, 0.3) is 0 Å². The SMILES string of the molecule is Cc1ccc2[nH]c(CN)nc2c1.Cl. The van der Waals surface area contributed by atoms with Gasteiger partial charge in [0.05, 0.1) is 17.6 Å². The molecular weight excluding hydrogens is 186 g/mol. The number of fused-ring (bicyclic) bond motifs is 1. The van der Waals surface area contributed by atoms with E-state index in [0.29, 0.717) is 6.54 Å². The van der Waals surface area contributed by atoms with Crippen molar-refractivity contribution < 1.29 is 0 Å². The highest BCUT2D eigenvalue weighted by atomic mass is 35.5. The van der Waals surface area contributed by atoms with E-state index in [1.807, 2.05) is 12.1 Å². The Bertz CT molecular complexity index is 408. The molecule has 3 N–H and O–H groups in total. The van der Waals surface area contributed by atoms with E-state index in [1.165, 1.54) is 5.56 Å². The summed E-state index contributed by atoms with van der Waals surface area (Å²) in [6, 6.07) is 6.13. The number of aryl methyl sites for hydroxylation is 1. The maximum absolute atomic E-state index is 5.46. The molecule has 2 rings (SSSR count). The Morgan fingerprint density at radius 3 is 2.92 bits per heavy atom. The van der Waals surface area contributed by atoms with Gasteiger partial charge in [-0.2, -0.15) is 0 Å². The van der Waals surface area contributed by atoms with Crippen LogP contribution in [-0.4, -0.2) is 9.97 Å². The first kappa shape index (κ1) is 10.0. The highest BCUT2D eigenvalue weighted by Gasteiger charge is 1.99. The largest absolute Gasteiger partial charge is 0.341 e. The molecule has 0 aliphatic rings. The molecule has 0 saturated carbocycles. The number of nitrogens with zero attached hydrogens (tertiary/aromatic N) is 1. The van der Waals surface area contributed by atoms with E-state index in [9.17, 15) is 0 Å². The number of hydrogen-bond acceptors (Lipinski definition) is 2. The Labute approximate surface area is 82.8 Å². The van der Waals surface area contributed by atoms with Crippen molar-refractivity contribution in [2.45, 2.75) is 13.5 Å². The number of imidazole rings is 1. The number of aromatic nitrogens is 2. The summed E-state index contributed by atoms with van der Waals surface area (Å²) in [7, 11) is 0. The Morgan fingerprint density at radius 2 is 2.23 bits per heavy atom. The normalized spacial score (nSPS) is 10.0. The standard InChI is InChI=1S/C9H11N3.ClH/c1-6-2-3-7-8(4-6)12-9(5-10)11-7;/h2-4H,5,10H2,1H3,(H,11,12);1H. The first-order chi connectivity index (χ1) is 5.79. The van der Waals surface area contributed by atoms with Gasteiger partial charge in [-0.3, -0.25) is 0 Å². The number of H-pyrrole nitrogens is 1. The van der Waals surface area contributed by atoms with Crippen molar-refractivity contribution in [2.24, 2.45) is 5.73 Å². The molecule has 0 amide bonds. The van der Waals surface area contributed by atoms with E-state index < -0.39 is 0 Å². The Balaban J connectivity index is 0.000000845. The number of rotatable bonds is 1. The molecule has 0 radical (unpaired) electrons. The summed E-state index contributed by atoms with van der Waals surface area (Å²) in [6.45, 7) is 2.52. The third kappa shape index (κ3) is 1.82. The van der Waals surface area contributed by atoms with Crippen LogP contribution in [0.3, 0.4) is 0 Å². The second-order valence-electron chi connectivity index (χ2n) is 2.91. The number of benzene rings is 1. The lowest BCUT2D eigenvalue weighted by Gasteiger charge is -1.88. The van der Waals surface area contributed by atoms with Crippen LogP contribution in [0.2, 0.25) is 0 Å². The van der Waals surface area contributed by atoms with Crippen molar-refractivity contribution in [3.63, 3.8) is 0 Å². The zero-order valence-corrected chi connectivity index (χ0v) is 8.19. The van der Waals surface area contributed by atoms with Gasteiger partial charge in [-0.1, -0.05) is 6.07 Å². The predicted octanol–water partition coefficient (Wildman–Crippen LogP) is 1.75. The minimum absolute atomic E-state index is 0. The topological polar surface area (TPSA) is 54.7 Å². The lowest BCUT2D eigenvalue weighted by Crippen LogP contribution is -1.97. The molecule has 0 spiro atoms. The second kappa shape index (κ2) is 3.77. The number of aromatic amines is 1. The summed E-state index contributed by atoms with van der Waals surface area (Å²) < 4.78 is 0. The van der Waals surface area contributed by atoms with Crippen LogP contribution in [0.15, 0.2) is 18.2 Å². The fourth-order valence-corrected chi connectivity index (χ4v) is 1.27. The Kier molecular flexibility index (Phi) is 2.90. The van der Waals surface area contributed by atoms with Crippen LogP contribution < -0.4 is 5.73 Å². The van der Waals surface area contributed by atoms with Gasteiger partial charge in [0.2, 0.25) is 0 Å². The first-order valence-electron chi connectivity index (χ1n) is 3.95. The maximum Gasteiger partial charge on any atom is 0.121 e. The fraction of sp³-hybridized carbons (Fsp3) is 0.222. The van der Waals surface area contributed by atoms with Crippen molar-refractivity contribution in [3.8, 4) is 0 Å². The van der Waals surface area contributed by atoms with Gasteiger partial charge in [0, 0.05) is 0 Å². The minimum Gasteiger partial charge on any atom is -0.341 e. The summed E-state index contributed by atoms with van der Waals surface area (Å²) in [5.41, 5.74) is 8.73. The number of halogens is 1. The lowest BCUT2D eigenvalue weighted by molar-refractivity contribution is 0.958. The van der Waals surface area contributed by atoms with E-state index in [1.54, 1.807) is 0 Å². The summed E-state index contributed by atoms with van der Waals surface area (Å²) in [5.74, 6) is 0.843. The molecule has 1 aromatic heterocycles. The van der Waals surface area contributed by atoms with Crippen molar-refractivity contribution in [2.75, 3.05) is 0 Å². The molecule has 0 bridgehead atoms. The molecule has 2 aromatic rings. The summed E-state index contributed by atoms with van der Waals surface area (Å²) in [4.78, 5) is 7.45. The lowest BCUT2D eigenvalue weighted by atomic mass is 10.2. The van der Waals surface area contributed by atoms with Crippen LogP contribution in [0.1, 0.15) is 11.4 Å². The molecule has 0 aliphatic heterocycles. The van der Waals surface area contributed by atoms with Gasteiger partial charge < -0.3 is 10.7 Å². The zero-order chi connectivity index (χ0) is 8.55. The number of nitrogens with one attached hydrogen (secondary N) is 1. The van der Waals surface area contributed by atoms with Crippen LogP contribution in [0, 0.1) is 6.92 Å². The van der Waals surface area contributed by atoms with Gasteiger partial charge in [-0.25, -0.2) is 4.98 Å². The summed E-state index contributed by atoms with van der Waals surface area (Å²) >= 11 is 0. The number of nitrogens with two attached hydrogens (primary N) is 1. The van der Waals surface area contributed by atoms with Gasteiger partial charge in [0.1, 0.15) is 5.82 Å². The monoisotopic (exact) mass is 197 g/mol. The van der Waals surface area contributed by atoms with Crippen molar-refractivity contribution in [1.82, 2.24) is 9.97 Å². The smallest absolute Gasteiger partial charge is 0.121 e. The van der Waals surface area contributed by atoms with Crippen LogP contribution in [0.4, 0.5) is 0 Å². The van der Waals surface area contributed by atoms with Crippen molar-refractivity contribution in [1.29, 1.82) is 0 Å². The first-order valence-corrected chi connectivity index (χ1v) is 3.95. The molecule has 70 valence electrons. The van der Waals surface area contributed by atoms with Gasteiger partial charge in [0.15, 0.2) is 0 Å². The summed E-state index contributed by atoms with van der Waals surface area (Å²) in [5, 5.41) is 0. The van der Waals surface area contributed by atoms with Crippen LogP contribution in [-0.2, 0) is 6.54 Å². The average molecular weight is 198 g/mol. The molecule has 0 saturated heterocycles. The van der Waals surface area contributed by atoms with Gasteiger partial charge in [-0.05, 0) is 24.6 Å². The molecule has 0 unspecified atom stereocenters. The molecule has 1 aromatic carbocycles. The van der Waals surface area contributed by atoms with Crippen LogP contribution >= 0.6 is 12.4 Å². The minimum atomic E-state index is 0. The maximum atomic E-state index is 5.46. The highest BCUT2D eigenvalue weighted by molar-refractivity contribution is 5.85. The zero-order valence-electron chi connectivity index (χ0n) is 7.37. The molecular formula is C9H12ClN3. The van der Waals surface area contributed by atoms with E-state index in [4.69, 9.17) is 5.73 Å². The second-order valence-corrected chi connectivity index (χ2v) is 2.91. The van der Waals surface area contributed by atoms with E-state index in [0.717, 1.165) is 16.9 Å². The molecule has 4 heteroatoms. The highest BCUT2D eigenvalue weighted by Crippen LogP contribution is 2.12. The third-order valence-electron chi connectivity index (χ3n) is 1.88. The van der Waals surface area contributed by atoms with Gasteiger partial charge >= 0.3 is 0 Å². The van der Waals surface area contributed by atoms with E-state index in [2.05, 4.69) is 23.0 Å². The van der Waals surface area contributed by atoms with E-state index >= 15 is 0 Å². The third-order valence-corrected chi connectivity index (χ3v) is 1.88. The van der Waals surface area contributed by atoms with Crippen molar-refractivity contribution >= 4 is 23.4 Å². The summed E-state index contributed by atoms with van der Waals surface area (Å²) in [6.07, 6.45) is 0. The quantitative estimate of drug-likeness (QED) is 0.732. The fourth-order valence-electron chi connectivity index (χ4n) is 1.27. The molecule has 0 aliphatic carbocycles. The Morgan fingerprint density at radius 1 is 1.46 bits per heavy atom. The molecule has 13 heavy (non-hydrogen) atoms. The predicted molar refractivity (Wildman–Crippen MR) is 56.0 cm³/mol. The van der Waals surface area contributed by atoms with E-state index in [-0.39, 0.29) is 12.4 Å². The van der Waals surface area contributed by atoms with Crippen LogP contribution in [0.25, 0.3) is 11.0 Å². The van der Waals surface area contributed by atoms with Gasteiger partial charge in [-0.15, -0.1) is 12.4 Å². The average Bonchev–Trinajstić information content (AvgIpc) is 2.46.